The molecule has 0 radical (unpaired) electrons. The van der Waals surface area contributed by atoms with E-state index in [1.807, 2.05) is 37.5 Å². The van der Waals surface area contributed by atoms with E-state index in [0.29, 0.717) is 12.7 Å². The van der Waals surface area contributed by atoms with Gasteiger partial charge in [0.1, 0.15) is 5.82 Å². The molecule has 0 spiro atoms. The third-order valence-corrected chi connectivity index (χ3v) is 4.34. The van der Waals surface area contributed by atoms with Gasteiger partial charge in [-0.05, 0) is 42.6 Å². The van der Waals surface area contributed by atoms with E-state index >= 15 is 0 Å². The largest absolute Gasteiger partial charge is 0.372 e. The minimum absolute atomic E-state index is 0.299. The lowest BCUT2D eigenvalue weighted by atomic mass is 10.1. The number of ether oxygens (including phenoxy) is 1. The maximum Gasteiger partial charge on any atom is 0.127 e. The summed E-state index contributed by atoms with van der Waals surface area (Å²) in [5.74, 6) is 0.995. The predicted octanol–water partition coefficient (Wildman–Crippen LogP) is 2.72. The Bertz CT molecular complexity index is 615. The van der Waals surface area contributed by atoms with E-state index < -0.39 is 0 Å². The molecule has 128 valence electrons. The number of rotatable bonds is 6. The predicted molar refractivity (Wildman–Crippen MR) is 95.9 cm³/mol. The SMILES string of the molecule is CN(C)c1ccc(CN2CCCC(OCc3cccnc3)C2)cn1. The lowest BCUT2D eigenvalue weighted by Gasteiger charge is -2.32. The first kappa shape index (κ1) is 16.9. The van der Waals surface area contributed by atoms with Gasteiger partial charge in [-0.3, -0.25) is 9.88 Å². The van der Waals surface area contributed by atoms with Crippen LogP contribution in [0.1, 0.15) is 24.0 Å². The van der Waals surface area contributed by atoms with E-state index in [2.05, 4.69) is 33.1 Å². The summed E-state index contributed by atoms with van der Waals surface area (Å²) in [4.78, 5) is 13.1. The van der Waals surface area contributed by atoms with Crippen LogP contribution in [-0.2, 0) is 17.9 Å². The van der Waals surface area contributed by atoms with Gasteiger partial charge in [0, 0.05) is 45.8 Å². The molecule has 1 fully saturated rings. The summed E-state index contributed by atoms with van der Waals surface area (Å²) in [7, 11) is 4.02. The van der Waals surface area contributed by atoms with Crippen LogP contribution in [0.5, 0.6) is 0 Å². The second-order valence-corrected chi connectivity index (χ2v) is 6.59. The minimum atomic E-state index is 0.299. The van der Waals surface area contributed by atoms with E-state index in [4.69, 9.17) is 4.74 Å². The van der Waals surface area contributed by atoms with Crippen LogP contribution in [0.25, 0.3) is 0 Å². The molecular weight excluding hydrogens is 300 g/mol. The average Bonchev–Trinajstić information content (AvgIpc) is 2.62. The smallest absolute Gasteiger partial charge is 0.127 e. The van der Waals surface area contributed by atoms with E-state index in [1.54, 1.807) is 6.20 Å². The average molecular weight is 326 g/mol. The molecule has 0 saturated carbocycles. The molecule has 0 amide bonds. The Labute approximate surface area is 144 Å². The zero-order chi connectivity index (χ0) is 16.8. The molecule has 1 saturated heterocycles. The molecule has 0 bridgehead atoms. The van der Waals surface area contributed by atoms with Crippen molar-refractivity contribution in [2.45, 2.75) is 32.1 Å². The standard InChI is InChI=1S/C19H26N4O/c1-22(2)19-8-7-16(12-21-19)13-23-10-4-6-18(14-23)24-15-17-5-3-9-20-11-17/h3,5,7-9,11-12,18H,4,6,10,13-15H2,1-2H3. The number of pyridine rings is 2. The maximum atomic E-state index is 6.08. The van der Waals surface area contributed by atoms with E-state index in [0.717, 1.165) is 37.4 Å². The second-order valence-electron chi connectivity index (χ2n) is 6.59. The highest BCUT2D eigenvalue weighted by Gasteiger charge is 2.20. The molecule has 2 aromatic heterocycles. The Kier molecular flexibility index (Phi) is 5.77. The minimum Gasteiger partial charge on any atom is -0.372 e. The molecule has 5 heteroatoms. The number of aromatic nitrogens is 2. The fraction of sp³-hybridized carbons (Fsp3) is 0.474. The molecule has 0 N–H and O–H groups in total. The first-order valence-electron chi connectivity index (χ1n) is 8.56. The van der Waals surface area contributed by atoms with Crippen molar-refractivity contribution in [2.24, 2.45) is 0 Å². The van der Waals surface area contributed by atoms with E-state index in [9.17, 15) is 0 Å². The van der Waals surface area contributed by atoms with Gasteiger partial charge in [-0.15, -0.1) is 0 Å². The van der Waals surface area contributed by atoms with Gasteiger partial charge < -0.3 is 9.64 Å². The molecule has 3 heterocycles. The summed E-state index contributed by atoms with van der Waals surface area (Å²) < 4.78 is 6.08. The second kappa shape index (κ2) is 8.22. The molecular formula is C19H26N4O. The zero-order valence-corrected chi connectivity index (χ0v) is 14.6. The van der Waals surface area contributed by atoms with Crippen molar-refractivity contribution in [3.63, 3.8) is 0 Å². The molecule has 2 aromatic rings. The number of anilines is 1. The molecule has 1 aliphatic heterocycles. The maximum absolute atomic E-state index is 6.08. The first-order chi connectivity index (χ1) is 11.7. The van der Waals surface area contributed by atoms with Gasteiger partial charge in [0.15, 0.2) is 0 Å². The van der Waals surface area contributed by atoms with Gasteiger partial charge in [0.2, 0.25) is 0 Å². The van der Waals surface area contributed by atoms with Crippen LogP contribution < -0.4 is 4.90 Å². The van der Waals surface area contributed by atoms with Crippen molar-refractivity contribution in [2.75, 3.05) is 32.1 Å². The zero-order valence-electron chi connectivity index (χ0n) is 14.6. The Hall–Kier alpha value is -1.98. The highest BCUT2D eigenvalue weighted by atomic mass is 16.5. The molecule has 0 aromatic carbocycles. The van der Waals surface area contributed by atoms with E-state index in [1.165, 1.54) is 12.0 Å². The van der Waals surface area contributed by atoms with Gasteiger partial charge in [0.25, 0.3) is 0 Å². The van der Waals surface area contributed by atoms with Crippen molar-refractivity contribution in [3.05, 3.63) is 54.0 Å². The molecule has 24 heavy (non-hydrogen) atoms. The topological polar surface area (TPSA) is 41.5 Å². The highest BCUT2D eigenvalue weighted by Crippen LogP contribution is 2.18. The fourth-order valence-corrected chi connectivity index (χ4v) is 3.02. The molecule has 3 rings (SSSR count). The summed E-state index contributed by atoms with van der Waals surface area (Å²) >= 11 is 0. The quantitative estimate of drug-likeness (QED) is 0.816. The normalized spacial score (nSPS) is 18.5. The van der Waals surface area contributed by atoms with Crippen LogP contribution in [-0.4, -0.2) is 48.2 Å². The van der Waals surface area contributed by atoms with Crippen LogP contribution in [0, 0.1) is 0 Å². The Balaban J connectivity index is 1.50. The summed E-state index contributed by atoms with van der Waals surface area (Å²) in [5.41, 5.74) is 2.40. The molecule has 1 aliphatic rings. The molecule has 1 unspecified atom stereocenters. The Morgan fingerprint density at radius 2 is 2.12 bits per heavy atom. The van der Waals surface area contributed by atoms with Gasteiger partial charge in [-0.2, -0.15) is 0 Å². The van der Waals surface area contributed by atoms with Gasteiger partial charge >= 0.3 is 0 Å². The highest BCUT2D eigenvalue weighted by molar-refractivity contribution is 5.37. The monoisotopic (exact) mass is 326 g/mol. The number of piperidine rings is 1. The Morgan fingerprint density at radius 3 is 2.83 bits per heavy atom. The van der Waals surface area contributed by atoms with Crippen LogP contribution in [0.4, 0.5) is 5.82 Å². The van der Waals surface area contributed by atoms with Crippen LogP contribution in [0.3, 0.4) is 0 Å². The fourth-order valence-electron chi connectivity index (χ4n) is 3.02. The van der Waals surface area contributed by atoms with Crippen molar-refractivity contribution in [1.82, 2.24) is 14.9 Å². The molecule has 1 atom stereocenters. The molecule has 5 nitrogen and oxygen atoms in total. The van der Waals surface area contributed by atoms with Gasteiger partial charge in [0.05, 0.1) is 12.7 Å². The van der Waals surface area contributed by atoms with Crippen molar-refractivity contribution >= 4 is 5.82 Å². The Morgan fingerprint density at radius 1 is 1.21 bits per heavy atom. The van der Waals surface area contributed by atoms with Crippen molar-refractivity contribution in [1.29, 1.82) is 0 Å². The summed E-state index contributed by atoms with van der Waals surface area (Å²) in [6, 6.07) is 8.26. The number of nitrogens with zero attached hydrogens (tertiary/aromatic N) is 4. The summed E-state index contributed by atoms with van der Waals surface area (Å²) in [5, 5.41) is 0. The number of hydrogen-bond donors (Lipinski definition) is 0. The van der Waals surface area contributed by atoms with Crippen LogP contribution in [0.15, 0.2) is 42.9 Å². The summed E-state index contributed by atoms with van der Waals surface area (Å²) in [6.45, 7) is 3.69. The van der Waals surface area contributed by atoms with E-state index in [-0.39, 0.29) is 0 Å². The lowest BCUT2D eigenvalue weighted by Crippen LogP contribution is -2.39. The van der Waals surface area contributed by atoms with Gasteiger partial charge in [-0.1, -0.05) is 12.1 Å². The third kappa shape index (κ3) is 4.76. The van der Waals surface area contributed by atoms with Crippen molar-refractivity contribution in [3.8, 4) is 0 Å². The lowest BCUT2D eigenvalue weighted by molar-refractivity contribution is -0.0121. The number of likely N-dealkylation sites (tertiary alicyclic amines) is 1. The van der Waals surface area contributed by atoms with Crippen LogP contribution >= 0.6 is 0 Å². The first-order valence-corrected chi connectivity index (χ1v) is 8.56. The molecule has 0 aliphatic carbocycles. The van der Waals surface area contributed by atoms with Crippen molar-refractivity contribution < 1.29 is 4.74 Å². The van der Waals surface area contributed by atoms with Crippen LogP contribution in [0.2, 0.25) is 0 Å². The number of hydrogen-bond acceptors (Lipinski definition) is 5. The third-order valence-electron chi connectivity index (χ3n) is 4.34. The van der Waals surface area contributed by atoms with Gasteiger partial charge in [-0.25, -0.2) is 4.98 Å². The summed E-state index contributed by atoms with van der Waals surface area (Å²) in [6.07, 6.45) is 8.26.